The molecule has 4 nitrogen and oxygen atoms in total. The van der Waals surface area contributed by atoms with Crippen LogP contribution in [-0.4, -0.2) is 16.6 Å². The van der Waals surface area contributed by atoms with Crippen LogP contribution in [0.4, 0.5) is 0 Å². The van der Waals surface area contributed by atoms with Gasteiger partial charge in [0.05, 0.1) is 0 Å². The maximum Gasteiger partial charge on any atom is 0.160 e. The minimum Gasteiger partial charge on any atom is -0.367 e. The van der Waals surface area contributed by atoms with Gasteiger partial charge in [-0.25, -0.2) is 9.97 Å². The summed E-state index contributed by atoms with van der Waals surface area (Å²) in [5.74, 6) is 0.837. The smallest absolute Gasteiger partial charge is 0.160 e. The van der Waals surface area contributed by atoms with Gasteiger partial charge in [-0.05, 0) is 46.5 Å². The van der Waals surface area contributed by atoms with Crippen LogP contribution in [0.25, 0.3) is 0 Å². The van der Waals surface area contributed by atoms with Gasteiger partial charge < -0.3 is 10.5 Å². The zero-order valence-corrected chi connectivity index (χ0v) is 11.6. The molecule has 0 amide bonds. The summed E-state index contributed by atoms with van der Waals surface area (Å²) in [7, 11) is 0. The largest absolute Gasteiger partial charge is 0.367 e. The molecule has 0 radical (unpaired) electrons. The molecule has 2 rings (SSSR count). The third-order valence-electron chi connectivity index (χ3n) is 3.75. The zero-order valence-electron chi connectivity index (χ0n) is 11.6. The first-order valence-electron chi connectivity index (χ1n) is 6.82. The van der Waals surface area contributed by atoms with Crippen molar-refractivity contribution in [3.63, 3.8) is 0 Å². The van der Waals surface area contributed by atoms with Gasteiger partial charge in [0.15, 0.2) is 5.82 Å². The minimum absolute atomic E-state index is 0.0225. The average molecular weight is 249 g/mol. The van der Waals surface area contributed by atoms with E-state index in [-0.39, 0.29) is 11.6 Å². The first kappa shape index (κ1) is 13.4. The molecule has 0 unspecified atom stereocenters. The van der Waals surface area contributed by atoms with Crippen molar-refractivity contribution < 1.29 is 4.74 Å². The van der Waals surface area contributed by atoms with Crippen LogP contribution in [0.3, 0.4) is 0 Å². The fourth-order valence-electron chi connectivity index (χ4n) is 2.80. The summed E-state index contributed by atoms with van der Waals surface area (Å²) >= 11 is 0. The summed E-state index contributed by atoms with van der Waals surface area (Å²) in [5.41, 5.74) is 7.63. The van der Waals surface area contributed by atoms with Gasteiger partial charge >= 0.3 is 0 Å². The molecule has 0 aliphatic heterocycles. The number of nitrogens with two attached hydrogens (primary N) is 1. The molecule has 1 aliphatic carbocycles. The van der Waals surface area contributed by atoms with Crippen molar-refractivity contribution in [2.24, 2.45) is 5.73 Å². The molecule has 1 fully saturated rings. The molecule has 2 N–H and O–H groups in total. The number of hydrogen-bond donors (Lipinski definition) is 1. The first-order valence-corrected chi connectivity index (χ1v) is 6.82. The van der Waals surface area contributed by atoms with Crippen LogP contribution in [-0.2, 0) is 10.3 Å². The topological polar surface area (TPSA) is 61.0 Å². The Balaban J connectivity index is 2.34. The molecule has 1 aromatic rings. The lowest BCUT2D eigenvalue weighted by molar-refractivity contribution is -0.0458. The fraction of sp³-hybridized carbons (Fsp3) is 0.714. The summed E-state index contributed by atoms with van der Waals surface area (Å²) in [5, 5.41) is 0. The van der Waals surface area contributed by atoms with Crippen molar-refractivity contribution in [1.29, 1.82) is 0 Å². The van der Waals surface area contributed by atoms with Gasteiger partial charge in [-0.3, -0.25) is 0 Å². The lowest BCUT2D eigenvalue weighted by Crippen LogP contribution is -2.29. The highest BCUT2D eigenvalue weighted by atomic mass is 16.5. The van der Waals surface area contributed by atoms with E-state index in [1.54, 1.807) is 0 Å². The maximum atomic E-state index is 5.98. The van der Waals surface area contributed by atoms with E-state index in [0.29, 0.717) is 6.61 Å². The van der Waals surface area contributed by atoms with E-state index in [1.165, 1.54) is 12.8 Å². The predicted molar refractivity (Wildman–Crippen MR) is 71.1 cm³/mol. The zero-order chi connectivity index (χ0) is 13.2. The van der Waals surface area contributed by atoms with Crippen LogP contribution in [0.2, 0.25) is 0 Å². The normalized spacial score (nSPS) is 20.0. The molecular formula is C14H23N3O. The predicted octanol–water partition coefficient (Wildman–Crippen LogP) is 2.61. The maximum absolute atomic E-state index is 5.98. The summed E-state index contributed by atoms with van der Waals surface area (Å²) in [6.07, 6.45) is 6.30. The molecule has 1 saturated carbocycles. The number of aromatic nitrogens is 2. The molecule has 18 heavy (non-hydrogen) atoms. The molecule has 0 aromatic carbocycles. The summed E-state index contributed by atoms with van der Waals surface area (Å²) in [6, 6.07) is -0.0225. The molecule has 1 atom stereocenters. The number of nitrogens with zero attached hydrogens (tertiary/aromatic N) is 2. The van der Waals surface area contributed by atoms with Crippen LogP contribution in [0.5, 0.6) is 0 Å². The Hall–Kier alpha value is -1.00. The first-order chi connectivity index (χ1) is 8.59. The molecule has 0 spiro atoms. The average Bonchev–Trinajstić information content (AvgIpc) is 2.78. The minimum atomic E-state index is -0.254. The number of aryl methyl sites for hydroxylation is 1. The van der Waals surface area contributed by atoms with Gasteiger partial charge in [0.2, 0.25) is 0 Å². The quantitative estimate of drug-likeness (QED) is 0.891. The second-order valence-corrected chi connectivity index (χ2v) is 5.16. The monoisotopic (exact) mass is 249 g/mol. The molecule has 0 bridgehead atoms. The fourth-order valence-corrected chi connectivity index (χ4v) is 2.80. The summed E-state index contributed by atoms with van der Waals surface area (Å²) in [4.78, 5) is 9.17. The van der Waals surface area contributed by atoms with Gasteiger partial charge in [0, 0.05) is 30.1 Å². The highest BCUT2D eigenvalue weighted by Crippen LogP contribution is 2.40. The van der Waals surface area contributed by atoms with E-state index in [1.807, 2.05) is 27.0 Å². The van der Waals surface area contributed by atoms with Crippen LogP contribution < -0.4 is 5.73 Å². The molecule has 100 valence electrons. The Morgan fingerprint density at radius 3 is 2.61 bits per heavy atom. The standard InChI is InChI=1S/C14H23N3O/c1-4-18-14(7-5-6-8-14)13-16-9-12(10(2)15)11(3)17-13/h9-10H,4-8,15H2,1-3H3/t10-/m0/s1. The molecule has 1 heterocycles. The molecular weight excluding hydrogens is 226 g/mol. The van der Waals surface area contributed by atoms with Crippen molar-refractivity contribution in [1.82, 2.24) is 9.97 Å². The van der Waals surface area contributed by atoms with Crippen molar-refractivity contribution in [2.75, 3.05) is 6.61 Å². The molecule has 0 saturated heterocycles. The van der Waals surface area contributed by atoms with Gasteiger partial charge in [-0.1, -0.05) is 0 Å². The van der Waals surface area contributed by atoms with Crippen LogP contribution >= 0.6 is 0 Å². The van der Waals surface area contributed by atoms with Gasteiger partial charge in [-0.2, -0.15) is 0 Å². The SMILES string of the molecule is CCOC1(c2ncc([C@H](C)N)c(C)n2)CCCC1. The molecule has 4 heteroatoms. The van der Waals surface area contributed by atoms with Crippen molar-refractivity contribution >= 4 is 0 Å². The highest BCUT2D eigenvalue weighted by molar-refractivity contribution is 5.21. The van der Waals surface area contributed by atoms with Gasteiger partial charge in [0.1, 0.15) is 5.60 Å². The van der Waals surface area contributed by atoms with E-state index in [9.17, 15) is 0 Å². The van der Waals surface area contributed by atoms with Crippen molar-refractivity contribution in [3.8, 4) is 0 Å². The van der Waals surface area contributed by atoms with Crippen molar-refractivity contribution in [3.05, 3.63) is 23.3 Å². The van der Waals surface area contributed by atoms with E-state index in [4.69, 9.17) is 10.5 Å². The Labute approximate surface area is 109 Å². The Bertz CT molecular complexity index is 412. The summed E-state index contributed by atoms with van der Waals surface area (Å²) in [6.45, 7) is 6.69. The van der Waals surface area contributed by atoms with Gasteiger partial charge in [-0.15, -0.1) is 0 Å². The van der Waals surface area contributed by atoms with E-state index in [2.05, 4.69) is 9.97 Å². The van der Waals surface area contributed by atoms with E-state index in [0.717, 1.165) is 29.9 Å². The highest BCUT2D eigenvalue weighted by Gasteiger charge is 2.39. The van der Waals surface area contributed by atoms with E-state index >= 15 is 0 Å². The van der Waals surface area contributed by atoms with Crippen LogP contribution in [0.1, 0.15) is 62.7 Å². The number of rotatable bonds is 4. The second kappa shape index (κ2) is 5.33. The Morgan fingerprint density at radius 1 is 1.44 bits per heavy atom. The second-order valence-electron chi connectivity index (χ2n) is 5.16. The van der Waals surface area contributed by atoms with Crippen LogP contribution in [0, 0.1) is 6.92 Å². The molecule has 1 aromatic heterocycles. The van der Waals surface area contributed by atoms with Gasteiger partial charge in [0.25, 0.3) is 0 Å². The summed E-state index contributed by atoms with van der Waals surface area (Å²) < 4.78 is 5.98. The third-order valence-corrected chi connectivity index (χ3v) is 3.75. The lowest BCUT2D eigenvalue weighted by Gasteiger charge is -2.27. The van der Waals surface area contributed by atoms with E-state index < -0.39 is 0 Å². The van der Waals surface area contributed by atoms with Crippen molar-refractivity contribution in [2.45, 2.75) is 58.1 Å². The Morgan fingerprint density at radius 2 is 2.11 bits per heavy atom. The number of hydrogen-bond acceptors (Lipinski definition) is 4. The number of ether oxygens (including phenoxy) is 1. The Kier molecular flexibility index (Phi) is 3.97. The van der Waals surface area contributed by atoms with Crippen LogP contribution in [0.15, 0.2) is 6.20 Å². The lowest BCUT2D eigenvalue weighted by atomic mass is 10.00. The third kappa shape index (κ3) is 2.40. The molecule has 1 aliphatic rings.